The Hall–Kier alpha value is -1.95. The van der Waals surface area contributed by atoms with E-state index in [2.05, 4.69) is 15.5 Å². The average Bonchev–Trinajstić information content (AvgIpc) is 2.77. The number of carbonyl (C=O) groups excluding carboxylic acids is 2. The van der Waals surface area contributed by atoms with E-state index in [0.29, 0.717) is 5.17 Å². The summed E-state index contributed by atoms with van der Waals surface area (Å²) in [5, 5.41) is 10.8. The molecule has 2 rings (SSSR count). The van der Waals surface area contributed by atoms with Crippen molar-refractivity contribution in [3.8, 4) is 0 Å². The summed E-state index contributed by atoms with van der Waals surface area (Å²) in [5.74, 6) is -0.195. The van der Waals surface area contributed by atoms with Crippen molar-refractivity contribution < 1.29 is 9.59 Å². The van der Waals surface area contributed by atoms with Crippen LogP contribution in [0.3, 0.4) is 0 Å². The number of amides is 1. The smallest absolute Gasteiger partial charge is 0.240 e. The van der Waals surface area contributed by atoms with Crippen LogP contribution in [0, 0.1) is 0 Å². The van der Waals surface area contributed by atoms with Crippen LogP contribution in [0.15, 0.2) is 40.5 Å². The van der Waals surface area contributed by atoms with Crippen LogP contribution in [0.5, 0.6) is 0 Å². The van der Waals surface area contributed by atoms with Gasteiger partial charge in [0.25, 0.3) is 0 Å². The van der Waals surface area contributed by atoms with E-state index >= 15 is 0 Å². The first-order chi connectivity index (χ1) is 9.56. The van der Waals surface area contributed by atoms with E-state index in [1.165, 1.54) is 18.7 Å². The molecule has 1 aromatic rings. The number of amidine groups is 1. The van der Waals surface area contributed by atoms with Crippen molar-refractivity contribution in [2.75, 3.05) is 0 Å². The molecular formula is C14H15N3O2S. The number of rotatable bonds is 4. The molecule has 1 N–H and O–H groups in total. The minimum absolute atomic E-state index is 0.0112. The van der Waals surface area contributed by atoms with Gasteiger partial charge in [-0.1, -0.05) is 42.1 Å². The molecular weight excluding hydrogens is 274 g/mol. The van der Waals surface area contributed by atoms with Crippen molar-refractivity contribution in [3.05, 3.63) is 35.9 Å². The van der Waals surface area contributed by atoms with Gasteiger partial charge in [0.05, 0.1) is 11.0 Å². The first-order valence-corrected chi connectivity index (χ1v) is 7.09. The third-order valence-electron chi connectivity index (χ3n) is 2.73. The molecule has 1 amide bonds. The van der Waals surface area contributed by atoms with Gasteiger partial charge in [-0.3, -0.25) is 9.59 Å². The molecule has 0 radical (unpaired) electrons. The zero-order valence-corrected chi connectivity index (χ0v) is 12.1. The summed E-state index contributed by atoms with van der Waals surface area (Å²) in [6.07, 6.45) is 0.219. The van der Waals surface area contributed by atoms with Crippen molar-refractivity contribution in [2.24, 2.45) is 10.2 Å². The molecule has 1 saturated heterocycles. The predicted octanol–water partition coefficient (Wildman–Crippen LogP) is 1.98. The number of carbonyl (C=O) groups is 2. The fourth-order valence-corrected chi connectivity index (χ4v) is 2.71. The highest BCUT2D eigenvalue weighted by molar-refractivity contribution is 8.15. The molecule has 5 nitrogen and oxygen atoms in total. The molecule has 0 bridgehead atoms. The monoisotopic (exact) mass is 289 g/mol. The molecule has 0 saturated carbocycles. The number of thioether (sulfide) groups is 1. The lowest BCUT2D eigenvalue weighted by atomic mass is 10.1. The van der Waals surface area contributed by atoms with Crippen LogP contribution >= 0.6 is 11.8 Å². The third kappa shape index (κ3) is 3.77. The second-order valence-electron chi connectivity index (χ2n) is 4.46. The van der Waals surface area contributed by atoms with Crippen LogP contribution < -0.4 is 5.32 Å². The van der Waals surface area contributed by atoms with Crippen molar-refractivity contribution in [1.29, 1.82) is 0 Å². The second-order valence-corrected chi connectivity index (χ2v) is 5.65. The fraction of sp³-hybridized carbons (Fsp3) is 0.286. The lowest BCUT2D eigenvalue weighted by Gasteiger charge is -1.99. The molecule has 6 heteroatoms. The molecule has 0 aromatic heterocycles. The Morgan fingerprint density at radius 1 is 1.30 bits per heavy atom. The molecule has 0 spiro atoms. The van der Waals surface area contributed by atoms with Gasteiger partial charge in [0, 0.05) is 6.42 Å². The van der Waals surface area contributed by atoms with E-state index in [4.69, 9.17) is 0 Å². The number of ketones is 1. The number of Topliss-reactive ketones (excluding diaryl/α,β-unsaturated/α-hetero) is 1. The topological polar surface area (TPSA) is 70.9 Å². The Bertz CT molecular complexity index is 581. The van der Waals surface area contributed by atoms with Crippen LogP contribution in [0.1, 0.15) is 25.8 Å². The molecule has 1 atom stereocenters. The predicted molar refractivity (Wildman–Crippen MR) is 80.9 cm³/mol. The summed E-state index contributed by atoms with van der Waals surface area (Å²) in [6.45, 7) is 3.33. The highest BCUT2D eigenvalue weighted by Crippen LogP contribution is 2.22. The Balaban J connectivity index is 2.06. The van der Waals surface area contributed by atoms with Gasteiger partial charge < -0.3 is 5.32 Å². The standard InChI is InChI=1S/C14H15N3O2S/c1-9(18)8-12-13(19)15-14(20-12)17-16-10(2)11-6-4-3-5-7-11/h3-7,12H,8H2,1-2H3,(H,15,17,19)/b16-10+. The van der Waals surface area contributed by atoms with E-state index in [-0.39, 0.29) is 18.1 Å². The SMILES string of the molecule is CC(=O)CC1S/C(=N\N=C(/C)c2ccccc2)NC1=O. The van der Waals surface area contributed by atoms with Gasteiger partial charge in [0.1, 0.15) is 5.78 Å². The Kier molecular flexibility index (Phi) is 4.68. The maximum absolute atomic E-state index is 11.6. The second kappa shape index (κ2) is 6.47. The minimum atomic E-state index is -0.390. The molecule has 1 heterocycles. The van der Waals surface area contributed by atoms with Crippen LogP contribution in [0.2, 0.25) is 0 Å². The van der Waals surface area contributed by atoms with Crippen molar-refractivity contribution in [1.82, 2.24) is 5.32 Å². The van der Waals surface area contributed by atoms with Crippen LogP contribution in [-0.2, 0) is 9.59 Å². The molecule has 20 heavy (non-hydrogen) atoms. The van der Waals surface area contributed by atoms with Gasteiger partial charge in [-0.05, 0) is 19.4 Å². The van der Waals surface area contributed by atoms with E-state index in [9.17, 15) is 9.59 Å². The molecule has 1 aromatic carbocycles. The van der Waals surface area contributed by atoms with Crippen molar-refractivity contribution in [2.45, 2.75) is 25.5 Å². The number of hydrogen-bond donors (Lipinski definition) is 1. The number of nitrogens with one attached hydrogen (secondary N) is 1. The lowest BCUT2D eigenvalue weighted by molar-refractivity contribution is -0.122. The van der Waals surface area contributed by atoms with E-state index < -0.39 is 5.25 Å². The quantitative estimate of drug-likeness (QED) is 0.680. The van der Waals surface area contributed by atoms with Gasteiger partial charge >= 0.3 is 0 Å². The van der Waals surface area contributed by atoms with Gasteiger partial charge in [-0.2, -0.15) is 5.10 Å². The Morgan fingerprint density at radius 2 is 2.00 bits per heavy atom. The van der Waals surface area contributed by atoms with Crippen molar-refractivity contribution in [3.63, 3.8) is 0 Å². The molecule has 1 aliphatic heterocycles. The summed E-state index contributed by atoms with van der Waals surface area (Å²) >= 11 is 1.25. The van der Waals surface area contributed by atoms with Crippen LogP contribution in [0.4, 0.5) is 0 Å². The first-order valence-electron chi connectivity index (χ1n) is 6.21. The maximum Gasteiger partial charge on any atom is 0.240 e. The maximum atomic E-state index is 11.6. The normalized spacial score (nSPS) is 21.1. The van der Waals surface area contributed by atoms with E-state index in [1.54, 1.807) is 0 Å². The van der Waals surface area contributed by atoms with E-state index in [1.807, 2.05) is 37.3 Å². The molecule has 1 aliphatic rings. The summed E-state index contributed by atoms with van der Waals surface area (Å²) in [4.78, 5) is 22.7. The van der Waals surface area contributed by atoms with E-state index in [0.717, 1.165) is 11.3 Å². The molecule has 1 unspecified atom stereocenters. The zero-order chi connectivity index (χ0) is 14.5. The summed E-state index contributed by atoms with van der Waals surface area (Å²) < 4.78 is 0. The van der Waals surface area contributed by atoms with Gasteiger partial charge in [-0.15, -0.1) is 5.10 Å². The average molecular weight is 289 g/mol. The summed E-state index contributed by atoms with van der Waals surface area (Å²) in [5.41, 5.74) is 1.74. The van der Waals surface area contributed by atoms with Crippen LogP contribution in [-0.4, -0.2) is 27.8 Å². The minimum Gasteiger partial charge on any atom is -0.303 e. The number of hydrogen-bond acceptors (Lipinski definition) is 5. The summed E-state index contributed by atoms with van der Waals surface area (Å²) in [7, 11) is 0. The highest BCUT2D eigenvalue weighted by atomic mass is 32.2. The fourth-order valence-electron chi connectivity index (χ4n) is 1.71. The Morgan fingerprint density at radius 3 is 2.65 bits per heavy atom. The molecule has 1 fully saturated rings. The molecule has 104 valence electrons. The van der Waals surface area contributed by atoms with Gasteiger partial charge in [0.2, 0.25) is 5.91 Å². The highest BCUT2D eigenvalue weighted by Gasteiger charge is 2.31. The summed E-state index contributed by atoms with van der Waals surface area (Å²) in [6, 6.07) is 9.67. The lowest BCUT2D eigenvalue weighted by Crippen LogP contribution is -2.25. The first kappa shape index (κ1) is 14.5. The van der Waals surface area contributed by atoms with Crippen molar-refractivity contribution >= 4 is 34.3 Å². The third-order valence-corrected chi connectivity index (χ3v) is 3.80. The largest absolute Gasteiger partial charge is 0.303 e. The van der Waals surface area contributed by atoms with Gasteiger partial charge in [-0.25, -0.2) is 0 Å². The molecule has 0 aliphatic carbocycles. The number of benzene rings is 1. The number of nitrogens with zero attached hydrogens (tertiary/aromatic N) is 2. The Labute approximate surface area is 121 Å². The zero-order valence-electron chi connectivity index (χ0n) is 11.3. The van der Waals surface area contributed by atoms with Crippen LogP contribution in [0.25, 0.3) is 0 Å². The van der Waals surface area contributed by atoms with Gasteiger partial charge in [0.15, 0.2) is 5.17 Å².